The van der Waals surface area contributed by atoms with Crippen LogP contribution in [0, 0.1) is 0 Å². The van der Waals surface area contributed by atoms with Crippen molar-refractivity contribution in [3.63, 3.8) is 0 Å². The van der Waals surface area contributed by atoms with Gasteiger partial charge >= 0.3 is 0 Å². The zero-order chi connectivity index (χ0) is 10.7. The summed E-state index contributed by atoms with van der Waals surface area (Å²) in [6.45, 7) is 4.18. The van der Waals surface area contributed by atoms with Crippen molar-refractivity contribution < 1.29 is 0 Å². The van der Waals surface area contributed by atoms with Gasteiger partial charge in [0.05, 0.1) is 0 Å². The zero-order valence-electron chi connectivity index (χ0n) is 8.73. The molecule has 80 valence electrons. The van der Waals surface area contributed by atoms with Gasteiger partial charge in [-0.25, -0.2) is 4.98 Å². The molecule has 0 atom stereocenters. The van der Waals surface area contributed by atoms with Crippen molar-refractivity contribution in [2.75, 3.05) is 23.3 Å². The van der Waals surface area contributed by atoms with E-state index in [-0.39, 0.29) is 0 Å². The van der Waals surface area contributed by atoms with E-state index in [0.29, 0.717) is 0 Å². The smallest absolute Gasteiger partial charge is 0.138 e. The van der Waals surface area contributed by atoms with Gasteiger partial charge in [-0.05, 0) is 19.1 Å². The number of anilines is 1. The molecule has 3 nitrogen and oxygen atoms in total. The predicted octanol–water partition coefficient (Wildman–Crippen LogP) is 2.56. The number of alkyl halides is 1. The summed E-state index contributed by atoms with van der Waals surface area (Å²) >= 11 is 3.48. The fourth-order valence-electron chi connectivity index (χ4n) is 1.73. The van der Waals surface area contributed by atoms with Gasteiger partial charge in [-0.2, -0.15) is 0 Å². The van der Waals surface area contributed by atoms with Crippen LogP contribution in [0.25, 0.3) is 5.65 Å². The summed E-state index contributed by atoms with van der Waals surface area (Å²) in [6, 6.07) is 6.20. The van der Waals surface area contributed by atoms with Crippen LogP contribution < -0.4 is 4.90 Å². The fraction of sp³-hybridized carbons (Fsp3) is 0.364. The van der Waals surface area contributed by atoms with Gasteiger partial charge in [0.2, 0.25) is 0 Å². The third kappa shape index (κ3) is 2.00. The van der Waals surface area contributed by atoms with Crippen molar-refractivity contribution >= 4 is 27.4 Å². The van der Waals surface area contributed by atoms with Crippen LogP contribution in [0.4, 0.5) is 5.82 Å². The Morgan fingerprint density at radius 2 is 2.33 bits per heavy atom. The third-order valence-corrected chi connectivity index (χ3v) is 2.82. The molecule has 0 aromatic carbocycles. The van der Waals surface area contributed by atoms with Crippen molar-refractivity contribution in [1.82, 2.24) is 9.38 Å². The summed E-state index contributed by atoms with van der Waals surface area (Å²) in [5.74, 6) is 1.20. The Morgan fingerprint density at radius 3 is 3.07 bits per heavy atom. The standard InChI is InChI=1S/C11H14BrN3/c1-2-14(8-6-12)11-5-3-4-10-13-7-9-15(10)11/h3-5,7,9H,2,6,8H2,1H3. The quantitative estimate of drug-likeness (QED) is 0.794. The summed E-state index contributed by atoms with van der Waals surface area (Å²) in [4.78, 5) is 6.60. The highest BCUT2D eigenvalue weighted by atomic mass is 79.9. The maximum Gasteiger partial charge on any atom is 0.138 e. The van der Waals surface area contributed by atoms with Crippen LogP contribution in [-0.4, -0.2) is 27.8 Å². The Bertz CT molecular complexity index is 438. The molecule has 0 radical (unpaired) electrons. The second-order valence-electron chi connectivity index (χ2n) is 3.31. The minimum atomic E-state index is 0.978. The predicted molar refractivity (Wildman–Crippen MR) is 66.9 cm³/mol. The lowest BCUT2D eigenvalue weighted by atomic mass is 10.4. The second-order valence-corrected chi connectivity index (χ2v) is 4.10. The molecule has 0 bridgehead atoms. The molecule has 2 rings (SSSR count). The van der Waals surface area contributed by atoms with E-state index in [0.717, 1.165) is 24.1 Å². The highest BCUT2D eigenvalue weighted by Crippen LogP contribution is 2.16. The number of aromatic nitrogens is 2. The van der Waals surface area contributed by atoms with E-state index in [1.807, 2.05) is 18.5 Å². The Hall–Kier alpha value is -1.03. The average Bonchev–Trinajstić information content (AvgIpc) is 2.73. The van der Waals surface area contributed by atoms with Gasteiger partial charge in [0.1, 0.15) is 11.5 Å². The largest absolute Gasteiger partial charge is 0.357 e. The third-order valence-electron chi connectivity index (χ3n) is 2.47. The number of halogens is 1. The van der Waals surface area contributed by atoms with Gasteiger partial charge in [-0.1, -0.05) is 22.0 Å². The highest BCUT2D eigenvalue weighted by molar-refractivity contribution is 9.09. The van der Waals surface area contributed by atoms with Crippen LogP contribution >= 0.6 is 15.9 Å². The summed E-state index contributed by atoms with van der Waals surface area (Å²) < 4.78 is 2.12. The minimum Gasteiger partial charge on any atom is -0.357 e. The SMILES string of the molecule is CCN(CCBr)c1cccc2nccn12. The van der Waals surface area contributed by atoms with Gasteiger partial charge in [0.15, 0.2) is 0 Å². The van der Waals surface area contributed by atoms with E-state index in [1.165, 1.54) is 5.82 Å². The molecular formula is C11H14BrN3. The van der Waals surface area contributed by atoms with Gasteiger partial charge in [0.25, 0.3) is 0 Å². The molecule has 0 fully saturated rings. The zero-order valence-corrected chi connectivity index (χ0v) is 10.3. The summed E-state index contributed by atoms with van der Waals surface area (Å²) in [5.41, 5.74) is 1.00. The first-order valence-electron chi connectivity index (χ1n) is 5.09. The van der Waals surface area contributed by atoms with Crippen LogP contribution in [0.1, 0.15) is 6.92 Å². The highest BCUT2D eigenvalue weighted by Gasteiger charge is 2.06. The lowest BCUT2D eigenvalue weighted by Gasteiger charge is -2.22. The number of pyridine rings is 1. The van der Waals surface area contributed by atoms with E-state index < -0.39 is 0 Å². The molecule has 2 heterocycles. The molecule has 2 aromatic rings. The van der Waals surface area contributed by atoms with Gasteiger partial charge in [0, 0.05) is 30.8 Å². The normalized spacial score (nSPS) is 10.8. The van der Waals surface area contributed by atoms with Gasteiger partial charge < -0.3 is 4.90 Å². The van der Waals surface area contributed by atoms with Crippen LogP contribution in [-0.2, 0) is 0 Å². The Labute approximate surface area is 97.9 Å². The fourth-order valence-corrected chi connectivity index (χ4v) is 2.16. The summed E-state index contributed by atoms with van der Waals surface area (Å²) in [7, 11) is 0. The molecule has 0 saturated carbocycles. The molecule has 0 saturated heterocycles. The Kier molecular flexibility index (Phi) is 3.26. The van der Waals surface area contributed by atoms with Crippen LogP contribution in [0.15, 0.2) is 30.6 Å². The molecule has 0 amide bonds. The summed E-state index contributed by atoms with van der Waals surface area (Å²) in [6.07, 6.45) is 3.84. The molecule has 0 spiro atoms. The second kappa shape index (κ2) is 4.66. The topological polar surface area (TPSA) is 20.5 Å². The van der Waals surface area contributed by atoms with E-state index in [4.69, 9.17) is 0 Å². The van der Waals surface area contributed by atoms with E-state index >= 15 is 0 Å². The number of nitrogens with zero attached hydrogens (tertiary/aromatic N) is 3. The number of hydrogen-bond donors (Lipinski definition) is 0. The van der Waals surface area contributed by atoms with Crippen molar-refractivity contribution in [2.24, 2.45) is 0 Å². The minimum absolute atomic E-state index is 0.978. The monoisotopic (exact) mass is 267 g/mol. The van der Waals surface area contributed by atoms with E-state index in [1.54, 1.807) is 0 Å². The molecule has 0 unspecified atom stereocenters. The lowest BCUT2D eigenvalue weighted by Crippen LogP contribution is -2.26. The van der Waals surface area contributed by atoms with Crippen LogP contribution in [0.2, 0.25) is 0 Å². The number of fused-ring (bicyclic) bond motifs is 1. The molecule has 2 aromatic heterocycles. The first kappa shape index (κ1) is 10.5. The maximum atomic E-state index is 4.28. The lowest BCUT2D eigenvalue weighted by molar-refractivity contribution is 0.843. The Morgan fingerprint density at radius 1 is 1.47 bits per heavy atom. The molecular weight excluding hydrogens is 254 g/mol. The van der Waals surface area contributed by atoms with E-state index in [2.05, 4.69) is 49.3 Å². The Balaban J connectivity index is 2.44. The molecule has 0 aliphatic carbocycles. The first-order chi connectivity index (χ1) is 7.36. The molecule has 0 aliphatic rings. The van der Waals surface area contributed by atoms with Crippen molar-refractivity contribution in [3.05, 3.63) is 30.6 Å². The number of imidazole rings is 1. The molecule has 15 heavy (non-hydrogen) atoms. The first-order valence-corrected chi connectivity index (χ1v) is 6.22. The van der Waals surface area contributed by atoms with Gasteiger partial charge in [-0.15, -0.1) is 0 Å². The molecule has 4 heteroatoms. The van der Waals surface area contributed by atoms with Crippen molar-refractivity contribution in [3.8, 4) is 0 Å². The average molecular weight is 268 g/mol. The molecule has 0 N–H and O–H groups in total. The van der Waals surface area contributed by atoms with Crippen molar-refractivity contribution in [1.29, 1.82) is 0 Å². The number of hydrogen-bond acceptors (Lipinski definition) is 2. The number of rotatable bonds is 4. The van der Waals surface area contributed by atoms with Crippen LogP contribution in [0.5, 0.6) is 0 Å². The molecule has 0 aliphatic heterocycles. The van der Waals surface area contributed by atoms with Gasteiger partial charge in [-0.3, -0.25) is 4.40 Å². The maximum absolute atomic E-state index is 4.28. The van der Waals surface area contributed by atoms with Crippen LogP contribution in [0.3, 0.4) is 0 Å². The van der Waals surface area contributed by atoms with Crippen molar-refractivity contribution in [2.45, 2.75) is 6.92 Å². The summed E-state index contributed by atoms with van der Waals surface area (Å²) in [5, 5.41) is 0.978. The van der Waals surface area contributed by atoms with E-state index in [9.17, 15) is 0 Å².